The van der Waals surface area contributed by atoms with E-state index in [1.54, 1.807) is 21.0 Å². The van der Waals surface area contributed by atoms with Crippen molar-refractivity contribution in [1.29, 1.82) is 0 Å². The number of nitrogen functional groups attached to an aromatic ring is 1. The molecule has 5 heteroatoms. The molecule has 15 heavy (non-hydrogen) atoms. The summed E-state index contributed by atoms with van der Waals surface area (Å²) in [5, 5.41) is 0.421. The number of nitrogens with zero attached hydrogens (tertiary/aromatic N) is 1. The summed E-state index contributed by atoms with van der Waals surface area (Å²) in [5.74, 6) is -0.212. The van der Waals surface area contributed by atoms with Crippen LogP contribution in [-0.4, -0.2) is 30.7 Å². The fraction of sp³-hybridized carbons (Fsp3) is 0.400. The molecule has 0 aliphatic carbocycles. The second-order valence-corrected chi connectivity index (χ2v) is 4.60. The Morgan fingerprint density at radius 2 is 1.87 bits per heavy atom. The zero-order chi connectivity index (χ0) is 11.7. The highest BCUT2D eigenvalue weighted by Crippen LogP contribution is 2.31. The van der Waals surface area contributed by atoms with Gasteiger partial charge in [0.2, 0.25) is 0 Å². The number of anilines is 1. The van der Waals surface area contributed by atoms with Crippen LogP contribution in [0.5, 0.6) is 0 Å². The molecule has 0 saturated heterocycles. The molecule has 1 aromatic heterocycles. The van der Waals surface area contributed by atoms with Crippen molar-refractivity contribution in [3.63, 3.8) is 0 Å². The smallest absolute Gasteiger partial charge is 0.263 e. The summed E-state index contributed by atoms with van der Waals surface area (Å²) in [5.41, 5.74) is 6.87. The summed E-state index contributed by atoms with van der Waals surface area (Å²) in [6.07, 6.45) is 0. The highest BCUT2D eigenvalue weighted by atomic mass is 32.1. The monoisotopic (exact) mass is 226 g/mol. The van der Waals surface area contributed by atoms with Gasteiger partial charge in [-0.2, -0.15) is 0 Å². The van der Waals surface area contributed by atoms with Crippen molar-refractivity contribution in [2.45, 2.75) is 13.8 Å². The lowest BCUT2D eigenvalue weighted by Crippen LogP contribution is -2.21. The number of thiophene rings is 1. The van der Waals surface area contributed by atoms with E-state index in [-0.39, 0.29) is 11.7 Å². The molecule has 0 fully saturated rings. The van der Waals surface area contributed by atoms with E-state index in [9.17, 15) is 9.59 Å². The fourth-order valence-electron chi connectivity index (χ4n) is 1.38. The zero-order valence-corrected chi connectivity index (χ0v) is 10.1. The number of carbonyl (C=O) groups excluding carboxylic acids is 2. The number of hydrogen-bond donors (Lipinski definition) is 1. The van der Waals surface area contributed by atoms with E-state index in [2.05, 4.69) is 0 Å². The van der Waals surface area contributed by atoms with Crippen LogP contribution in [0.15, 0.2) is 0 Å². The number of nitrogens with two attached hydrogens (primary N) is 1. The van der Waals surface area contributed by atoms with Crippen LogP contribution in [-0.2, 0) is 0 Å². The maximum Gasteiger partial charge on any atom is 0.263 e. The van der Waals surface area contributed by atoms with E-state index >= 15 is 0 Å². The Bertz CT molecular complexity index is 421. The molecule has 0 unspecified atom stereocenters. The minimum atomic E-state index is -0.114. The summed E-state index contributed by atoms with van der Waals surface area (Å²) in [4.78, 5) is 25.0. The van der Waals surface area contributed by atoms with Gasteiger partial charge in [0.15, 0.2) is 5.78 Å². The second-order valence-electron chi connectivity index (χ2n) is 3.55. The molecule has 0 saturated carbocycles. The van der Waals surface area contributed by atoms with E-state index in [4.69, 9.17) is 5.73 Å². The third-order valence-electron chi connectivity index (χ3n) is 2.13. The van der Waals surface area contributed by atoms with Crippen molar-refractivity contribution in [3.8, 4) is 0 Å². The molecule has 0 aliphatic rings. The molecule has 0 bridgehead atoms. The standard InChI is InChI=1S/C10H14N2O2S/c1-5-7(6(2)13)9(11)15-8(5)10(14)12(3)4/h11H2,1-4H3. The van der Waals surface area contributed by atoms with Crippen molar-refractivity contribution in [2.24, 2.45) is 0 Å². The van der Waals surface area contributed by atoms with Crippen LogP contribution in [0.1, 0.15) is 32.5 Å². The quantitative estimate of drug-likeness (QED) is 0.778. The van der Waals surface area contributed by atoms with Gasteiger partial charge in [0.1, 0.15) is 0 Å². The Labute approximate surface area is 92.7 Å². The lowest BCUT2D eigenvalue weighted by Gasteiger charge is -2.08. The maximum absolute atomic E-state index is 11.7. The highest BCUT2D eigenvalue weighted by Gasteiger charge is 2.21. The summed E-state index contributed by atoms with van der Waals surface area (Å²) < 4.78 is 0. The average molecular weight is 226 g/mol. The lowest BCUT2D eigenvalue weighted by molar-refractivity contribution is 0.0831. The van der Waals surface area contributed by atoms with Crippen LogP contribution < -0.4 is 5.73 Å². The Morgan fingerprint density at radius 1 is 1.33 bits per heavy atom. The first-order valence-corrected chi connectivity index (χ1v) is 5.29. The highest BCUT2D eigenvalue weighted by molar-refractivity contribution is 7.18. The molecule has 1 aromatic rings. The largest absolute Gasteiger partial charge is 0.390 e. The average Bonchev–Trinajstić information content (AvgIpc) is 2.40. The first-order chi connectivity index (χ1) is 6.86. The van der Waals surface area contributed by atoms with E-state index in [0.717, 1.165) is 0 Å². The van der Waals surface area contributed by atoms with Crippen molar-refractivity contribution < 1.29 is 9.59 Å². The molecule has 0 atom stereocenters. The molecular weight excluding hydrogens is 212 g/mol. The molecule has 0 radical (unpaired) electrons. The number of amides is 1. The van der Waals surface area contributed by atoms with Gasteiger partial charge in [-0.3, -0.25) is 9.59 Å². The molecule has 2 N–H and O–H groups in total. The van der Waals surface area contributed by atoms with Crippen LogP contribution in [0.4, 0.5) is 5.00 Å². The van der Waals surface area contributed by atoms with Crippen molar-refractivity contribution >= 4 is 28.0 Å². The topological polar surface area (TPSA) is 63.4 Å². The first-order valence-electron chi connectivity index (χ1n) is 4.47. The van der Waals surface area contributed by atoms with Gasteiger partial charge in [-0.05, 0) is 19.4 Å². The summed E-state index contributed by atoms with van der Waals surface area (Å²) in [6, 6.07) is 0. The Kier molecular flexibility index (Phi) is 3.14. The minimum absolute atomic E-state index is 0.0981. The number of carbonyl (C=O) groups is 2. The van der Waals surface area contributed by atoms with Crippen LogP contribution in [0.25, 0.3) is 0 Å². The predicted molar refractivity (Wildman–Crippen MR) is 61.5 cm³/mol. The van der Waals surface area contributed by atoms with Crippen LogP contribution >= 0.6 is 11.3 Å². The minimum Gasteiger partial charge on any atom is -0.390 e. The molecule has 4 nitrogen and oxygen atoms in total. The Balaban J connectivity index is 3.30. The SMILES string of the molecule is CC(=O)c1c(N)sc(C(=O)N(C)C)c1C. The lowest BCUT2D eigenvalue weighted by atomic mass is 10.1. The number of Topliss-reactive ketones (excluding diaryl/α,β-unsaturated/α-hetero) is 1. The van der Waals surface area contributed by atoms with Gasteiger partial charge in [-0.15, -0.1) is 11.3 Å². The summed E-state index contributed by atoms with van der Waals surface area (Å²) >= 11 is 1.17. The van der Waals surface area contributed by atoms with Gasteiger partial charge >= 0.3 is 0 Å². The molecule has 82 valence electrons. The van der Waals surface area contributed by atoms with Crippen molar-refractivity contribution in [2.75, 3.05) is 19.8 Å². The number of rotatable bonds is 2. The fourth-order valence-corrected chi connectivity index (χ4v) is 2.52. The van der Waals surface area contributed by atoms with Gasteiger partial charge in [0.05, 0.1) is 15.4 Å². The third-order valence-corrected chi connectivity index (χ3v) is 3.24. The van der Waals surface area contributed by atoms with Crippen LogP contribution in [0.3, 0.4) is 0 Å². The Hall–Kier alpha value is -1.36. The van der Waals surface area contributed by atoms with Gasteiger partial charge < -0.3 is 10.6 Å². The number of hydrogen-bond acceptors (Lipinski definition) is 4. The second kappa shape index (κ2) is 4.02. The molecule has 1 heterocycles. The van der Waals surface area contributed by atoms with Gasteiger partial charge in [0, 0.05) is 14.1 Å². The van der Waals surface area contributed by atoms with Gasteiger partial charge in [-0.1, -0.05) is 0 Å². The predicted octanol–water partition coefficient (Wildman–Crippen LogP) is 1.54. The molecule has 1 amide bonds. The van der Waals surface area contributed by atoms with Crippen molar-refractivity contribution in [1.82, 2.24) is 4.90 Å². The van der Waals surface area contributed by atoms with Gasteiger partial charge in [-0.25, -0.2) is 0 Å². The normalized spacial score (nSPS) is 10.1. The third kappa shape index (κ3) is 2.02. The first kappa shape index (κ1) is 11.7. The number of ketones is 1. The van der Waals surface area contributed by atoms with Crippen LogP contribution in [0.2, 0.25) is 0 Å². The molecule has 1 rings (SSSR count). The Morgan fingerprint density at radius 3 is 2.20 bits per heavy atom. The molecule has 0 aromatic carbocycles. The van der Waals surface area contributed by atoms with E-state index in [1.165, 1.54) is 23.2 Å². The summed E-state index contributed by atoms with van der Waals surface area (Å²) in [7, 11) is 3.34. The van der Waals surface area contributed by atoms with Gasteiger partial charge in [0.25, 0.3) is 5.91 Å². The van der Waals surface area contributed by atoms with E-state index < -0.39 is 0 Å². The van der Waals surface area contributed by atoms with E-state index in [0.29, 0.717) is 21.0 Å². The zero-order valence-electron chi connectivity index (χ0n) is 9.25. The van der Waals surface area contributed by atoms with E-state index in [1.807, 2.05) is 0 Å². The van der Waals surface area contributed by atoms with Crippen LogP contribution in [0, 0.1) is 6.92 Å². The van der Waals surface area contributed by atoms with Crippen molar-refractivity contribution in [3.05, 3.63) is 16.0 Å². The summed E-state index contributed by atoms with van der Waals surface area (Å²) in [6.45, 7) is 3.20. The molecule has 0 spiro atoms. The molecule has 0 aliphatic heterocycles. The molecular formula is C10H14N2O2S. The maximum atomic E-state index is 11.7.